The fraction of sp³-hybridized carbons (Fsp3) is 0.571. The predicted octanol–water partition coefficient (Wildman–Crippen LogP) is -0.492. The minimum atomic E-state index is -0.454. The Morgan fingerprint density at radius 2 is 2.29 bits per heavy atom. The number of amides is 2. The molecule has 0 radical (unpaired) electrons. The molecule has 0 bridgehead atoms. The third-order valence-corrected chi connectivity index (χ3v) is 2.84. The van der Waals surface area contributed by atoms with Crippen molar-refractivity contribution in [3.8, 4) is 0 Å². The molecular formula is C7H12N4O2S. The second-order valence-corrected chi connectivity index (χ2v) is 3.57. The van der Waals surface area contributed by atoms with Crippen molar-refractivity contribution >= 4 is 17.6 Å². The first-order valence-corrected chi connectivity index (χ1v) is 4.91. The van der Waals surface area contributed by atoms with E-state index in [1.165, 1.54) is 27.1 Å². The second-order valence-electron chi connectivity index (χ2n) is 2.58. The van der Waals surface area contributed by atoms with Gasteiger partial charge in [-0.05, 0) is 18.5 Å². The topological polar surface area (TPSA) is 68.4 Å². The van der Waals surface area contributed by atoms with Crippen LogP contribution in [0.1, 0.15) is 6.92 Å². The van der Waals surface area contributed by atoms with Crippen LogP contribution in [0.4, 0.5) is 4.79 Å². The maximum absolute atomic E-state index is 11.4. The average Bonchev–Trinajstić information content (AvgIpc) is 2.45. The number of nitrogens with one attached hydrogen (secondary N) is 1. The van der Waals surface area contributed by atoms with Gasteiger partial charge in [-0.3, -0.25) is 4.57 Å². The Labute approximate surface area is 84.7 Å². The van der Waals surface area contributed by atoms with E-state index in [2.05, 4.69) is 10.3 Å². The van der Waals surface area contributed by atoms with Crippen LogP contribution >= 0.6 is 11.5 Å². The zero-order valence-corrected chi connectivity index (χ0v) is 9.09. The molecule has 0 aliphatic rings. The Kier molecular flexibility index (Phi) is 3.23. The second kappa shape index (κ2) is 4.23. The van der Waals surface area contributed by atoms with Crippen LogP contribution in [0.15, 0.2) is 9.79 Å². The van der Waals surface area contributed by atoms with E-state index < -0.39 is 6.03 Å². The molecule has 0 aliphatic heterocycles. The summed E-state index contributed by atoms with van der Waals surface area (Å²) in [7, 11) is 3.08. The molecule has 6 nitrogen and oxygen atoms in total. The summed E-state index contributed by atoms with van der Waals surface area (Å²) < 4.78 is 2.88. The van der Waals surface area contributed by atoms with Gasteiger partial charge in [-0.25, -0.2) is 13.5 Å². The number of hydrogen-bond donors (Lipinski definition) is 1. The molecule has 1 rings (SSSR count). The van der Waals surface area contributed by atoms with Crippen LogP contribution in [0.5, 0.6) is 0 Å². The zero-order chi connectivity index (χ0) is 10.7. The van der Waals surface area contributed by atoms with Gasteiger partial charge < -0.3 is 5.32 Å². The van der Waals surface area contributed by atoms with Crippen LogP contribution in [-0.2, 0) is 13.6 Å². The molecule has 0 aromatic carbocycles. The SMILES string of the molecule is CCn1s/c(=N\C(=O)NC)n(C)c1=O. The molecule has 14 heavy (non-hydrogen) atoms. The van der Waals surface area contributed by atoms with Crippen molar-refractivity contribution in [2.45, 2.75) is 13.5 Å². The van der Waals surface area contributed by atoms with Gasteiger partial charge in [-0.2, -0.15) is 4.99 Å². The smallest absolute Gasteiger partial charge is 0.339 e. The van der Waals surface area contributed by atoms with Gasteiger partial charge in [0.1, 0.15) is 0 Å². The van der Waals surface area contributed by atoms with Crippen LogP contribution in [0.2, 0.25) is 0 Å². The van der Waals surface area contributed by atoms with Crippen molar-refractivity contribution in [1.82, 2.24) is 13.8 Å². The molecule has 1 N–H and O–H groups in total. The van der Waals surface area contributed by atoms with E-state index in [4.69, 9.17) is 0 Å². The summed E-state index contributed by atoms with van der Waals surface area (Å²) in [5, 5.41) is 2.36. The van der Waals surface area contributed by atoms with Gasteiger partial charge >= 0.3 is 11.7 Å². The molecule has 2 amide bonds. The number of nitrogens with zero attached hydrogens (tertiary/aromatic N) is 3. The van der Waals surface area contributed by atoms with Crippen molar-refractivity contribution in [3.05, 3.63) is 15.3 Å². The van der Waals surface area contributed by atoms with Crippen molar-refractivity contribution in [2.75, 3.05) is 7.05 Å². The van der Waals surface area contributed by atoms with Gasteiger partial charge in [0, 0.05) is 20.6 Å². The van der Waals surface area contributed by atoms with Gasteiger partial charge in [0.25, 0.3) is 0 Å². The van der Waals surface area contributed by atoms with E-state index in [1.807, 2.05) is 6.92 Å². The fourth-order valence-corrected chi connectivity index (χ4v) is 1.74. The van der Waals surface area contributed by atoms with Gasteiger partial charge in [-0.1, -0.05) is 0 Å². The molecule has 0 unspecified atom stereocenters. The predicted molar refractivity (Wildman–Crippen MR) is 53.2 cm³/mol. The number of aryl methyl sites for hydroxylation is 1. The molecule has 0 saturated carbocycles. The number of carbonyl (C=O) groups excluding carboxylic acids is 1. The highest BCUT2D eigenvalue weighted by Crippen LogP contribution is 1.84. The maximum atomic E-state index is 11.4. The van der Waals surface area contributed by atoms with E-state index in [0.29, 0.717) is 11.3 Å². The molecule has 0 aliphatic carbocycles. The monoisotopic (exact) mass is 216 g/mol. The lowest BCUT2D eigenvalue weighted by Gasteiger charge is -1.88. The summed E-state index contributed by atoms with van der Waals surface area (Å²) >= 11 is 1.17. The van der Waals surface area contributed by atoms with E-state index >= 15 is 0 Å². The van der Waals surface area contributed by atoms with Crippen molar-refractivity contribution in [2.24, 2.45) is 12.0 Å². The lowest BCUT2D eigenvalue weighted by atomic mass is 10.8. The molecule has 0 spiro atoms. The summed E-state index contributed by atoms with van der Waals surface area (Å²) in [6.45, 7) is 2.45. The molecular weight excluding hydrogens is 204 g/mol. The van der Waals surface area contributed by atoms with Crippen molar-refractivity contribution in [1.29, 1.82) is 0 Å². The van der Waals surface area contributed by atoms with Gasteiger partial charge in [0.05, 0.1) is 0 Å². The number of carbonyl (C=O) groups is 1. The number of hydrogen-bond acceptors (Lipinski definition) is 3. The van der Waals surface area contributed by atoms with Crippen molar-refractivity contribution < 1.29 is 4.79 Å². The Bertz CT molecular complexity index is 453. The van der Waals surface area contributed by atoms with Gasteiger partial charge in [-0.15, -0.1) is 0 Å². The highest BCUT2D eigenvalue weighted by atomic mass is 32.1. The minimum Gasteiger partial charge on any atom is -0.339 e. The van der Waals surface area contributed by atoms with Crippen molar-refractivity contribution in [3.63, 3.8) is 0 Å². The lowest BCUT2D eigenvalue weighted by molar-refractivity contribution is 0.250. The lowest BCUT2D eigenvalue weighted by Crippen LogP contribution is -2.27. The average molecular weight is 216 g/mol. The first kappa shape index (κ1) is 10.7. The molecule has 1 aromatic rings. The molecule has 0 saturated heterocycles. The Morgan fingerprint density at radius 3 is 2.71 bits per heavy atom. The summed E-state index contributed by atoms with van der Waals surface area (Å²) in [5.41, 5.74) is -0.153. The first-order valence-electron chi connectivity index (χ1n) is 4.13. The summed E-state index contributed by atoms with van der Waals surface area (Å²) in [4.78, 5) is 26.5. The highest BCUT2D eigenvalue weighted by molar-refractivity contribution is 7.03. The van der Waals surface area contributed by atoms with Crippen LogP contribution in [0.3, 0.4) is 0 Å². The number of rotatable bonds is 1. The summed E-state index contributed by atoms with van der Waals surface area (Å²) in [6.07, 6.45) is 0. The number of urea groups is 1. The normalized spacial score (nSPS) is 11.8. The molecule has 0 fully saturated rings. The first-order chi connectivity index (χ1) is 6.60. The molecule has 0 atom stereocenters. The Hall–Kier alpha value is -1.37. The van der Waals surface area contributed by atoms with Crippen LogP contribution in [0.25, 0.3) is 0 Å². The van der Waals surface area contributed by atoms with E-state index in [-0.39, 0.29) is 5.69 Å². The summed E-state index contributed by atoms with van der Waals surface area (Å²) in [5.74, 6) is 0. The van der Waals surface area contributed by atoms with Crippen LogP contribution < -0.4 is 15.8 Å². The van der Waals surface area contributed by atoms with Gasteiger partial charge in [0.2, 0.25) is 4.80 Å². The largest absolute Gasteiger partial charge is 0.343 e. The highest BCUT2D eigenvalue weighted by Gasteiger charge is 2.03. The minimum absolute atomic E-state index is 0.153. The fourth-order valence-electron chi connectivity index (χ4n) is 0.886. The van der Waals surface area contributed by atoms with E-state index in [9.17, 15) is 9.59 Å². The third-order valence-electron chi connectivity index (χ3n) is 1.68. The number of aromatic nitrogens is 2. The van der Waals surface area contributed by atoms with Gasteiger partial charge in [0.15, 0.2) is 0 Å². The van der Waals surface area contributed by atoms with Crippen LogP contribution in [-0.4, -0.2) is 21.6 Å². The standard InChI is InChI=1S/C7H12N4O2S/c1-4-11-7(13)10(3)6(14-11)9-5(12)8-2/h4H2,1-3H3,(H,8,12)/b9-6-. The zero-order valence-electron chi connectivity index (χ0n) is 8.27. The Balaban J connectivity index is 3.30. The van der Waals surface area contributed by atoms with E-state index in [1.54, 1.807) is 7.05 Å². The van der Waals surface area contributed by atoms with E-state index in [0.717, 1.165) is 0 Å². The quantitative estimate of drug-likeness (QED) is 0.688. The third kappa shape index (κ3) is 1.92. The molecule has 1 aromatic heterocycles. The Morgan fingerprint density at radius 1 is 1.64 bits per heavy atom. The molecule has 78 valence electrons. The molecule has 1 heterocycles. The summed E-state index contributed by atoms with van der Waals surface area (Å²) in [6, 6.07) is -0.454. The molecule has 7 heteroatoms. The maximum Gasteiger partial charge on any atom is 0.343 e. The van der Waals surface area contributed by atoms with Crippen LogP contribution in [0, 0.1) is 0 Å².